The Hall–Kier alpha value is -2.29. The molecule has 0 saturated carbocycles. The Bertz CT molecular complexity index is 676. The maximum absolute atomic E-state index is 5.87. The van der Waals surface area contributed by atoms with Gasteiger partial charge in [0.2, 0.25) is 5.90 Å². The Kier molecular flexibility index (Phi) is 3.11. The summed E-state index contributed by atoms with van der Waals surface area (Å²) < 4.78 is 11.4. The normalized spacial score (nSPS) is 20.2. The van der Waals surface area contributed by atoms with Crippen LogP contribution in [-0.4, -0.2) is 25.7 Å². The lowest BCUT2D eigenvalue weighted by molar-refractivity contribution is 0.262. The van der Waals surface area contributed by atoms with Gasteiger partial charge in [0.05, 0.1) is 13.2 Å². The number of ether oxygens (including phenoxy) is 2. The molecule has 3 nitrogen and oxygen atoms in total. The lowest BCUT2D eigenvalue weighted by Crippen LogP contribution is -2.19. The van der Waals surface area contributed by atoms with E-state index in [0.717, 1.165) is 36.8 Å². The molecule has 2 aromatic rings. The predicted molar refractivity (Wildman–Crippen MR) is 82.2 cm³/mol. The molecule has 2 aliphatic rings. The van der Waals surface area contributed by atoms with E-state index in [1.807, 2.05) is 12.1 Å². The van der Waals surface area contributed by atoms with Crippen LogP contribution >= 0.6 is 0 Å². The van der Waals surface area contributed by atoms with Crippen LogP contribution in [0.2, 0.25) is 0 Å². The first-order chi connectivity index (χ1) is 10.4. The van der Waals surface area contributed by atoms with E-state index in [9.17, 15) is 0 Å². The molecule has 1 unspecified atom stereocenters. The van der Waals surface area contributed by atoms with Gasteiger partial charge in [-0.25, -0.2) is 4.99 Å². The van der Waals surface area contributed by atoms with Gasteiger partial charge in [0.15, 0.2) is 0 Å². The second kappa shape index (κ2) is 5.24. The number of nitrogens with zero attached hydrogens (tertiary/aromatic N) is 1. The lowest BCUT2D eigenvalue weighted by Gasteiger charge is -2.25. The lowest BCUT2D eigenvalue weighted by atomic mass is 9.90. The minimum Gasteiger partial charge on any atom is -0.493 e. The Morgan fingerprint density at radius 1 is 0.952 bits per heavy atom. The van der Waals surface area contributed by atoms with Gasteiger partial charge in [-0.05, 0) is 35.7 Å². The number of para-hydroxylation sites is 1. The summed E-state index contributed by atoms with van der Waals surface area (Å²) in [6, 6.07) is 16.8. The molecular formula is C18H17NO2. The molecule has 1 atom stereocenters. The topological polar surface area (TPSA) is 30.8 Å². The highest BCUT2D eigenvalue weighted by atomic mass is 16.5. The van der Waals surface area contributed by atoms with Crippen molar-refractivity contribution >= 4 is 5.90 Å². The molecule has 0 aromatic heterocycles. The van der Waals surface area contributed by atoms with E-state index in [-0.39, 0.29) is 0 Å². The van der Waals surface area contributed by atoms with Gasteiger partial charge < -0.3 is 9.47 Å². The molecule has 0 spiro atoms. The van der Waals surface area contributed by atoms with Crippen LogP contribution < -0.4 is 4.74 Å². The number of fused-ring (bicyclic) bond motifs is 1. The Morgan fingerprint density at radius 2 is 1.81 bits per heavy atom. The van der Waals surface area contributed by atoms with Crippen LogP contribution in [-0.2, 0) is 11.2 Å². The highest BCUT2D eigenvalue weighted by molar-refractivity contribution is 5.94. The zero-order valence-corrected chi connectivity index (χ0v) is 11.8. The van der Waals surface area contributed by atoms with Gasteiger partial charge in [-0.15, -0.1) is 0 Å². The zero-order chi connectivity index (χ0) is 14.1. The van der Waals surface area contributed by atoms with Crippen molar-refractivity contribution in [2.75, 3.05) is 19.8 Å². The number of aliphatic imine (C=N–C) groups is 1. The number of hydrogen-bond donors (Lipinski definition) is 0. The van der Waals surface area contributed by atoms with E-state index in [1.54, 1.807) is 0 Å². The molecule has 0 saturated heterocycles. The zero-order valence-electron chi connectivity index (χ0n) is 11.8. The molecule has 106 valence electrons. The Balaban J connectivity index is 1.55. The highest BCUT2D eigenvalue weighted by Crippen LogP contribution is 2.32. The quantitative estimate of drug-likeness (QED) is 0.845. The summed E-state index contributed by atoms with van der Waals surface area (Å²) in [7, 11) is 0. The summed E-state index contributed by atoms with van der Waals surface area (Å²) in [6.07, 6.45) is 1.03. The number of hydrogen-bond acceptors (Lipinski definition) is 3. The molecule has 0 radical (unpaired) electrons. The summed E-state index contributed by atoms with van der Waals surface area (Å²) in [6.45, 7) is 2.21. The van der Waals surface area contributed by atoms with Crippen molar-refractivity contribution in [3.8, 4) is 5.75 Å². The summed E-state index contributed by atoms with van der Waals surface area (Å²) in [4.78, 5) is 4.35. The third kappa shape index (κ3) is 2.40. The standard InChI is InChI=1S/C18H17NO2/c1-2-4-17-15(3-1)11-16(12-21-17)13-5-7-14(8-6-13)18-19-9-10-20-18/h1-8,16H,9-12H2. The van der Waals surface area contributed by atoms with E-state index < -0.39 is 0 Å². The van der Waals surface area contributed by atoms with E-state index in [2.05, 4.69) is 41.4 Å². The third-order valence-electron chi connectivity index (χ3n) is 4.09. The molecule has 2 heterocycles. The van der Waals surface area contributed by atoms with Crippen LogP contribution in [0.3, 0.4) is 0 Å². The van der Waals surface area contributed by atoms with Crippen molar-refractivity contribution < 1.29 is 9.47 Å². The van der Waals surface area contributed by atoms with Crippen LogP contribution in [0.4, 0.5) is 0 Å². The molecule has 21 heavy (non-hydrogen) atoms. The van der Waals surface area contributed by atoms with Gasteiger partial charge in [-0.1, -0.05) is 30.3 Å². The van der Waals surface area contributed by atoms with Crippen molar-refractivity contribution in [1.29, 1.82) is 0 Å². The second-order valence-corrected chi connectivity index (χ2v) is 5.48. The second-order valence-electron chi connectivity index (χ2n) is 5.48. The average molecular weight is 279 g/mol. The smallest absolute Gasteiger partial charge is 0.216 e. The monoisotopic (exact) mass is 279 g/mol. The van der Waals surface area contributed by atoms with Gasteiger partial charge in [0, 0.05) is 11.5 Å². The van der Waals surface area contributed by atoms with Crippen molar-refractivity contribution in [3.05, 3.63) is 65.2 Å². The van der Waals surface area contributed by atoms with Crippen molar-refractivity contribution in [2.24, 2.45) is 4.99 Å². The molecular weight excluding hydrogens is 262 g/mol. The molecule has 4 rings (SSSR count). The fraction of sp³-hybridized carbons (Fsp3) is 0.278. The molecule has 0 amide bonds. The molecule has 0 bridgehead atoms. The van der Waals surface area contributed by atoms with Gasteiger partial charge in [0.25, 0.3) is 0 Å². The molecule has 3 heteroatoms. The predicted octanol–water partition coefficient (Wildman–Crippen LogP) is 3.18. The molecule has 0 fully saturated rings. The highest BCUT2D eigenvalue weighted by Gasteiger charge is 2.21. The minimum atomic E-state index is 0.417. The minimum absolute atomic E-state index is 0.417. The van der Waals surface area contributed by atoms with E-state index in [1.165, 1.54) is 11.1 Å². The summed E-state index contributed by atoms with van der Waals surface area (Å²) in [5, 5.41) is 0. The van der Waals surface area contributed by atoms with Crippen molar-refractivity contribution in [3.63, 3.8) is 0 Å². The fourth-order valence-electron chi connectivity index (χ4n) is 2.95. The maximum Gasteiger partial charge on any atom is 0.216 e. The van der Waals surface area contributed by atoms with E-state index in [4.69, 9.17) is 9.47 Å². The van der Waals surface area contributed by atoms with E-state index >= 15 is 0 Å². The van der Waals surface area contributed by atoms with Crippen LogP contribution in [0.5, 0.6) is 5.75 Å². The first-order valence-electron chi connectivity index (χ1n) is 7.38. The van der Waals surface area contributed by atoms with Crippen LogP contribution in [0.15, 0.2) is 53.5 Å². The van der Waals surface area contributed by atoms with Gasteiger partial charge in [-0.3, -0.25) is 0 Å². The number of benzene rings is 2. The molecule has 0 aliphatic carbocycles. The van der Waals surface area contributed by atoms with Gasteiger partial charge >= 0.3 is 0 Å². The van der Waals surface area contributed by atoms with Crippen LogP contribution in [0.25, 0.3) is 0 Å². The molecule has 2 aromatic carbocycles. The first-order valence-corrected chi connectivity index (χ1v) is 7.38. The fourth-order valence-corrected chi connectivity index (χ4v) is 2.95. The van der Waals surface area contributed by atoms with E-state index in [0.29, 0.717) is 12.5 Å². The maximum atomic E-state index is 5.87. The van der Waals surface area contributed by atoms with Crippen molar-refractivity contribution in [1.82, 2.24) is 0 Å². The van der Waals surface area contributed by atoms with Gasteiger partial charge in [-0.2, -0.15) is 0 Å². The summed E-state index contributed by atoms with van der Waals surface area (Å²) >= 11 is 0. The van der Waals surface area contributed by atoms with Gasteiger partial charge in [0.1, 0.15) is 12.4 Å². The third-order valence-corrected chi connectivity index (χ3v) is 4.09. The molecule has 0 N–H and O–H groups in total. The summed E-state index contributed by atoms with van der Waals surface area (Å²) in [5.74, 6) is 2.21. The largest absolute Gasteiger partial charge is 0.493 e. The average Bonchev–Trinajstić information content (AvgIpc) is 3.09. The SMILES string of the molecule is c1ccc2c(c1)CC(c1ccc(C3=NCCO3)cc1)CO2. The van der Waals surface area contributed by atoms with Crippen LogP contribution in [0, 0.1) is 0 Å². The van der Waals surface area contributed by atoms with Crippen molar-refractivity contribution in [2.45, 2.75) is 12.3 Å². The molecule has 2 aliphatic heterocycles. The number of rotatable bonds is 2. The summed E-state index contributed by atoms with van der Waals surface area (Å²) in [5.41, 5.74) is 3.67. The first kappa shape index (κ1) is 12.5. The van der Waals surface area contributed by atoms with Crippen LogP contribution in [0.1, 0.15) is 22.6 Å². The Labute approximate surface area is 124 Å². The Morgan fingerprint density at radius 3 is 2.62 bits per heavy atom.